The zero-order valence-corrected chi connectivity index (χ0v) is 18.3. The second-order valence-corrected chi connectivity index (χ2v) is 11.2. The fourth-order valence-electron chi connectivity index (χ4n) is 3.69. The van der Waals surface area contributed by atoms with Gasteiger partial charge in [0.25, 0.3) is 10.0 Å². The van der Waals surface area contributed by atoms with Gasteiger partial charge in [0.05, 0.1) is 11.4 Å². The Kier molecular flexibility index (Phi) is 4.45. The van der Waals surface area contributed by atoms with E-state index >= 15 is 0 Å². The minimum atomic E-state index is -3.64. The van der Waals surface area contributed by atoms with Crippen molar-refractivity contribution in [1.82, 2.24) is 5.16 Å². The summed E-state index contributed by atoms with van der Waals surface area (Å²) in [5, 5.41) is 4.98. The molecule has 148 valence electrons. The van der Waals surface area contributed by atoms with Crippen LogP contribution < -0.4 is 4.31 Å². The molecule has 0 saturated heterocycles. The van der Waals surface area contributed by atoms with Crippen molar-refractivity contribution in [2.45, 2.75) is 23.0 Å². The van der Waals surface area contributed by atoms with E-state index in [1.54, 1.807) is 22.1 Å². The van der Waals surface area contributed by atoms with Gasteiger partial charge in [-0.3, -0.25) is 4.31 Å². The summed E-state index contributed by atoms with van der Waals surface area (Å²) in [4.78, 5) is 0.969. The van der Waals surface area contributed by atoms with Gasteiger partial charge in [0.1, 0.15) is 9.97 Å². The van der Waals surface area contributed by atoms with E-state index in [1.165, 1.54) is 11.3 Å². The summed E-state index contributed by atoms with van der Waals surface area (Å²) in [5.41, 5.74) is 3.35. The number of thiophene rings is 1. The number of nitrogens with zero attached hydrogens (tertiary/aromatic N) is 2. The van der Waals surface area contributed by atoms with Gasteiger partial charge in [0.15, 0.2) is 0 Å². The Bertz CT molecular complexity index is 1290. The van der Waals surface area contributed by atoms with E-state index in [4.69, 9.17) is 4.52 Å². The van der Waals surface area contributed by atoms with Crippen LogP contribution in [0.5, 0.6) is 0 Å². The van der Waals surface area contributed by atoms with E-state index in [2.05, 4.69) is 5.16 Å². The maximum Gasteiger partial charge on any atom is 0.273 e. The molecule has 4 aromatic rings. The molecule has 0 unspecified atom stereocenters. The Morgan fingerprint density at radius 3 is 2.69 bits per heavy atom. The van der Waals surface area contributed by atoms with Crippen LogP contribution in [0.1, 0.15) is 11.5 Å². The standard InChI is InChI=1S/C21H18N2O3S3/c1-13-21(14(2)26-22-13)16-7-8-19-17(11-16)23(9-10-27-19)29(24,25)20-12-15-5-3-4-6-18(15)28-20/h3-8,11-12H,9-10H2,1-2H3. The Hall–Kier alpha value is -2.29. The summed E-state index contributed by atoms with van der Waals surface area (Å²) >= 11 is 3.00. The number of aromatic nitrogens is 1. The van der Waals surface area contributed by atoms with Crippen LogP contribution in [-0.2, 0) is 10.0 Å². The Morgan fingerprint density at radius 2 is 1.93 bits per heavy atom. The highest BCUT2D eigenvalue weighted by molar-refractivity contribution is 8.00. The van der Waals surface area contributed by atoms with Crippen molar-refractivity contribution in [3.05, 3.63) is 60.0 Å². The van der Waals surface area contributed by atoms with Crippen molar-refractivity contribution in [1.29, 1.82) is 0 Å². The molecule has 0 N–H and O–H groups in total. The summed E-state index contributed by atoms with van der Waals surface area (Å²) in [6.45, 7) is 4.21. The van der Waals surface area contributed by atoms with Gasteiger partial charge in [0.2, 0.25) is 0 Å². The van der Waals surface area contributed by atoms with Crippen molar-refractivity contribution in [2.75, 3.05) is 16.6 Å². The van der Waals surface area contributed by atoms with Gasteiger partial charge < -0.3 is 4.52 Å². The average Bonchev–Trinajstić information content (AvgIpc) is 3.30. The smallest absolute Gasteiger partial charge is 0.273 e. The first-order valence-corrected chi connectivity index (χ1v) is 12.4. The lowest BCUT2D eigenvalue weighted by Crippen LogP contribution is -2.35. The van der Waals surface area contributed by atoms with Crippen molar-refractivity contribution in [3.63, 3.8) is 0 Å². The van der Waals surface area contributed by atoms with Crippen LogP contribution >= 0.6 is 23.1 Å². The number of aryl methyl sites for hydroxylation is 2. The van der Waals surface area contributed by atoms with Gasteiger partial charge in [-0.1, -0.05) is 29.4 Å². The number of sulfonamides is 1. The summed E-state index contributed by atoms with van der Waals surface area (Å²) in [7, 11) is -3.64. The third-order valence-corrected chi connectivity index (χ3v) is 9.47. The predicted octanol–water partition coefficient (Wildman–Crippen LogP) is 5.47. The molecule has 1 aliphatic heterocycles. The molecule has 0 amide bonds. The van der Waals surface area contributed by atoms with Crippen molar-refractivity contribution >= 4 is 48.9 Å². The Morgan fingerprint density at radius 1 is 1.10 bits per heavy atom. The highest BCUT2D eigenvalue weighted by Gasteiger charge is 2.31. The van der Waals surface area contributed by atoms with Crippen LogP contribution in [0.2, 0.25) is 0 Å². The highest BCUT2D eigenvalue weighted by atomic mass is 32.2. The average molecular weight is 443 g/mol. The molecule has 0 bridgehead atoms. The topological polar surface area (TPSA) is 63.4 Å². The molecule has 5 rings (SSSR count). The van der Waals surface area contributed by atoms with E-state index in [0.717, 1.165) is 49.0 Å². The zero-order valence-electron chi connectivity index (χ0n) is 15.9. The first-order valence-electron chi connectivity index (χ1n) is 9.16. The van der Waals surface area contributed by atoms with E-state index in [9.17, 15) is 8.42 Å². The number of thioether (sulfide) groups is 1. The fraction of sp³-hybridized carbons (Fsp3) is 0.190. The highest BCUT2D eigenvalue weighted by Crippen LogP contribution is 2.42. The van der Waals surface area contributed by atoms with Crippen LogP contribution in [0, 0.1) is 13.8 Å². The molecule has 1 aliphatic rings. The second kappa shape index (κ2) is 6.90. The summed E-state index contributed by atoms with van der Waals surface area (Å²) in [6.07, 6.45) is 0. The monoisotopic (exact) mass is 442 g/mol. The Balaban J connectivity index is 1.64. The van der Waals surface area contributed by atoms with Crippen molar-refractivity contribution < 1.29 is 12.9 Å². The van der Waals surface area contributed by atoms with E-state index in [-0.39, 0.29) is 0 Å². The molecule has 8 heteroatoms. The number of anilines is 1. The molecule has 0 saturated carbocycles. The van der Waals surface area contributed by atoms with Crippen LogP contribution in [0.15, 0.2) is 62.2 Å². The first kappa shape index (κ1) is 18.7. The van der Waals surface area contributed by atoms with Crippen LogP contribution in [0.4, 0.5) is 5.69 Å². The van der Waals surface area contributed by atoms with Crippen molar-refractivity contribution in [2.24, 2.45) is 0 Å². The molecule has 3 heterocycles. The van der Waals surface area contributed by atoms with Crippen LogP contribution in [-0.4, -0.2) is 25.9 Å². The summed E-state index contributed by atoms with van der Waals surface area (Å²) < 4.78 is 35.3. The van der Waals surface area contributed by atoms with Gasteiger partial charge in [0, 0.05) is 27.5 Å². The third-order valence-electron chi connectivity index (χ3n) is 5.05. The second-order valence-electron chi connectivity index (χ2n) is 6.91. The number of hydrogen-bond acceptors (Lipinski definition) is 6. The molecule has 0 fully saturated rings. The molecular formula is C21H18N2O3S3. The predicted molar refractivity (Wildman–Crippen MR) is 118 cm³/mol. The van der Waals surface area contributed by atoms with E-state index in [0.29, 0.717) is 10.8 Å². The SMILES string of the molecule is Cc1noc(C)c1-c1ccc2c(c1)N(S(=O)(=O)c1cc3ccccc3s1)CCS2. The maximum atomic E-state index is 13.5. The summed E-state index contributed by atoms with van der Waals surface area (Å²) in [5.74, 6) is 1.45. The molecule has 29 heavy (non-hydrogen) atoms. The van der Waals surface area contributed by atoms with Crippen LogP contribution in [0.25, 0.3) is 21.2 Å². The number of fused-ring (bicyclic) bond motifs is 2. The van der Waals surface area contributed by atoms with Gasteiger partial charge >= 0.3 is 0 Å². The molecule has 0 spiro atoms. The minimum absolute atomic E-state index is 0.374. The largest absolute Gasteiger partial charge is 0.361 e. The van der Waals surface area contributed by atoms with Gasteiger partial charge in [-0.25, -0.2) is 8.42 Å². The zero-order chi connectivity index (χ0) is 20.2. The molecule has 0 atom stereocenters. The van der Waals surface area contributed by atoms with Gasteiger partial charge in [-0.05, 0) is 49.1 Å². The van der Waals surface area contributed by atoms with Gasteiger partial charge in [-0.15, -0.1) is 23.1 Å². The molecular weight excluding hydrogens is 424 g/mol. The quantitative estimate of drug-likeness (QED) is 0.421. The molecule has 5 nitrogen and oxygen atoms in total. The fourth-order valence-corrected chi connectivity index (χ4v) is 7.82. The van der Waals surface area contributed by atoms with E-state index in [1.807, 2.05) is 56.3 Å². The first-order chi connectivity index (χ1) is 13.9. The minimum Gasteiger partial charge on any atom is -0.361 e. The molecule has 0 radical (unpaired) electrons. The Labute approximate surface area is 177 Å². The lowest BCUT2D eigenvalue weighted by molar-refractivity contribution is 0.393. The van der Waals surface area contributed by atoms with E-state index < -0.39 is 10.0 Å². The number of hydrogen-bond donors (Lipinski definition) is 0. The lowest BCUT2D eigenvalue weighted by atomic mass is 10.0. The number of benzene rings is 2. The van der Waals surface area contributed by atoms with Crippen molar-refractivity contribution in [3.8, 4) is 11.1 Å². The molecule has 2 aromatic carbocycles. The normalized spacial score (nSPS) is 14.3. The number of rotatable bonds is 3. The van der Waals surface area contributed by atoms with Crippen LogP contribution in [0.3, 0.4) is 0 Å². The summed E-state index contributed by atoms with van der Waals surface area (Å²) in [6, 6.07) is 15.5. The maximum absolute atomic E-state index is 13.5. The lowest BCUT2D eigenvalue weighted by Gasteiger charge is -2.30. The molecule has 2 aromatic heterocycles. The van der Waals surface area contributed by atoms with Gasteiger partial charge in [-0.2, -0.15) is 0 Å². The third kappa shape index (κ3) is 3.06. The molecule has 0 aliphatic carbocycles.